The number of rotatable bonds is 7. The first-order valence-corrected chi connectivity index (χ1v) is 11.9. The van der Waals surface area contributed by atoms with E-state index in [4.69, 9.17) is 14.9 Å². The lowest BCUT2D eigenvalue weighted by molar-refractivity contribution is -0.140. The summed E-state index contributed by atoms with van der Waals surface area (Å²) in [6, 6.07) is 17.5. The molecule has 0 aliphatic carbocycles. The molecule has 2 heterocycles. The van der Waals surface area contributed by atoms with Gasteiger partial charge in [0.05, 0.1) is 19.8 Å². The van der Waals surface area contributed by atoms with E-state index < -0.39 is 30.4 Å². The molecule has 3 aromatic carbocycles. The summed E-state index contributed by atoms with van der Waals surface area (Å²) in [7, 11) is 1.32. The molecule has 2 aromatic heterocycles. The fourth-order valence-corrected chi connectivity index (χ4v) is 4.35. The normalized spacial score (nSPS) is 12.6. The highest BCUT2D eigenvalue weighted by molar-refractivity contribution is 5.98. The fraction of sp³-hybridized carbons (Fsp3) is 0.179. The van der Waals surface area contributed by atoms with Crippen LogP contribution in [-0.2, 0) is 12.7 Å². The topological polar surface area (TPSA) is 124 Å². The number of hydrogen-bond acceptors (Lipinski definition) is 7. The van der Waals surface area contributed by atoms with Crippen LogP contribution >= 0.6 is 0 Å². The summed E-state index contributed by atoms with van der Waals surface area (Å²) in [6.45, 7) is -0.343. The van der Waals surface area contributed by atoms with Gasteiger partial charge in [0, 0.05) is 17.5 Å². The van der Waals surface area contributed by atoms with Crippen molar-refractivity contribution in [3.05, 3.63) is 89.4 Å². The molecule has 8 nitrogen and oxygen atoms in total. The molecule has 0 bridgehead atoms. The van der Waals surface area contributed by atoms with Crippen molar-refractivity contribution >= 4 is 27.6 Å². The zero-order valence-electron chi connectivity index (χ0n) is 20.6. The van der Waals surface area contributed by atoms with Crippen molar-refractivity contribution in [2.75, 3.05) is 13.7 Å². The monoisotopic (exact) mass is 536 g/mol. The van der Waals surface area contributed by atoms with Crippen LogP contribution in [0.1, 0.15) is 33.5 Å². The molecule has 5 aromatic rings. The highest BCUT2D eigenvalue weighted by atomic mass is 19.4. The van der Waals surface area contributed by atoms with E-state index in [-0.39, 0.29) is 46.1 Å². The van der Waals surface area contributed by atoms with Crippen LogP contribution < -0.4 is 15.8 Å². The molecule has 0 saturated carbocycles. The maximum atomic E-state index is 13.3. The van der Waals surface area contributed by atoms with Gasteiger partial charge in [0.25, 0.3) is 5.91 Å². The minimum Gasteiger partial charge on any atom is -0.494 e. The van der Waals surface area contributed by atoms with Crippen molar-refractivity contribution in [2.45, 2.75) is 18.8 Å². The molecular formula is C28H23F3N4O4. The molecule has 0 radical (unpaired) electrons. The maximum Gasteiger partial charge on any atom is 0.433 e. The molecule has 39 heavy (non-hydrogen) atoms. The second kappa shape index (κ2) is 10.4. The Balaban J connectivity index is 1.54. The number of nitrogens with zero attached hydrogens (tertiary/aromatic N) is 2. The molecule has 5 rings (SSSR count). The Morgan fingerprint density at radius 1 is 1.05 bits per heavy atom. The lowest BCUT2D eigenvalue weighted by Gasteiger charge is -2.11. The first-order chi connectivity index (χ1) is 18.7. The van der Waals surface area contributed by atoms with Gasteiger partial charge in [0.1, 0.15) is 17.0 Å². The Bertz CT molecular complexity index is 1680. The molecule has 0 spiro atoms. The van der Waals surface area contributed by atoms with Crippen LogP contribution in [-0.4, -0.2) is 34.7 Å². The van der Waals surface area contributed by atoms with Gasteiger partial charge in [0.2, 0.25) is 5.89 Å². The highest BCUT2D eigenvalue weighted by Crippen LogP contribution is 2.37. The number of aliphatic hydroxyl groups excluding tert-OH is 1. The average Bonchev–Trinajstić information content (AvgIpc) is 3.39. The molecule has 0 saturated heterocycles. The third-order valence-electron chi connectivity index (χ3n) is 6.28. The average molecular weight is 537 g/mol. The van der Waals surface area contributed by atoms with Crippen molar-refractivity contribution in [3.8, 4) is 17.2 Å². The highest BCUT2D eigenvalue weighted by Gasteiger charge is 2.33. The number of carbonyl (C=O) groups is 1. The molecule has 0 aliphatic heterocycles. The van der Waals surface area contributed by atoms with E-state index in [1.165, 1.54) is 25.3 Å². The second-order valence-corrected chi connectivity index (χ2v) is 8.75. The third kappa shape index (κ3) is 5.01. The smallest absolute Gasteiger partial charge is 0.433 e. The molecule has 1 amide bonds. The van der Waals surface area contributed by atoms with Crippen molar-refractivity contribution < 1.29 is 32.2 Å². The summed E-state index contributed by atoms with van der Waals surface area (Å²) in [4.78, 5) is 21.3. The molecule has 11 heteroatoms. The molecule has 4 N–H and O–H groups in total. The number of benzene rings is 3. The Hall–Kier alpha value is -4.48. The number of aromatic nitrogens is 2. The summed E-state index contributed by atoms with van der Waals surface area (Å²) >= 11 is 0. The van der Waals surface area contributed by atoms with E-state index >= 15 is 0 Å². The van der Waals surface area contributed by atoms with Crippen LogP contribution in [0.25, 0.3) is 33.1 Å². The zero-order valence-corrected chi connectivity index (χ0v) is 20.6. The molecule has 0 fully saturated rings. The Labute approximate surface area is 220 Å². The number of halogens is 3. The summed E-state index contributed by atoms with van der Waals surface area (Å²) in [5.41, 5.74) is 5.87. The van der Waals surface area contributed by atoms with E-state index in [9.17, 15) is 23.1 Å². The summed E-state index contributed by atoms with van der Waals surface area (Å²) in [6.07, 6.45) is -4.66. The molecule has 200 valence electrons. The predicted octanol–water partition coefficient (Wildman–Crippen LogP) is 4.99. The number of nitrogens with two attached hydrogens (primary N) is 1. The van der Waals surface area contributed by atoms with Gasteiger partial charge in [0.15, 0.2) is 11.5 Å². The largest absolute Gasteiger partial charge is 0.494 e. The minimum atomic E-state index is -4.66. The van der Waals surface area contributed by atoms with Crippen molar-refractivity contribution in [2.24, 2.45) is 5.73 Å². The van der Waals surface area contributed by atoms with Crippen LogP contribution in [0.4, 0.5) is 13.2 Å². The van der Waals surface area contributed by atoms with Gasteiger partial charge < -0.3 is 25.3 Å². The quantitative estimate of drug-likeness (QED) is 0.268. The van der Waals surface area contributed by atoms with Gasteiger partial charge in [-0.25, -0.2) is 9.97 Å². The van der Waals surface area contributed by atoms with Gasteiger partial charge in [-0.05, 0) is 40.6 Å². The standard InChI is InChI=1S/C28H23F3N4O4/c1-38-21-11-9-19(18-10-12-22(28(29,30)31)34-23(18)21)27-35-24(25(39-27)20(32)14-36)26(37)33-13-16-7-4-6-15-5-2-3-8-17(15)16/h2-12,20,36H,13-14,32H2,1H3,(H,33,37)/t20-/m0/s1. The summed E-state index contributed by atoms with van der Waals surface area (Å²) in [5, 5.41) is 14.7. The number of pyridine rings is 1. The molecule has 0 unspecified atom stereocenters. The number of amides is 1. The summed E-state index contributed by atoms with van der Waals surface area (Å²) in [5.74, 6) is -0.607. The van der Waals surface area contributed by atoms with Crippen molar-refractivity contribution in [1.82, 2.24) is 15.3 Å². The van der Waals surface area contributed by atoms with Crippen LogP contribution in [0.2, 0.25) is 0 Å². The first-order valence-electron chi connectivity index (χ1n) is 11.9. The predicted molar refractivity (Wildman–Crippen MR) is 138 cm³/mol. The van der Waals surface area contributed by atoms with Crippen molar-refractivity contribution in [3.63, 3.8) is 0 Å². The van der Waals surface area contributed by atoms with E-state index in [1.54, 1.807) is 0 Å². The van der Waals surface area contributed by atoms with E-state index in [2.05, 4.69) is 15.3 Å². The maximum absolute atomic E-state index is 13.3. The number of carbonyl (C=O) groups excluding carboxylic acids is 1. The van der Waals surface area contributed by atoms with Crippen LogP contribution in [0.15, 0.2) is 71.1 Å². The Morgan fingerprint density at radius 2 is 1.82 bits per heavy atom. The Morgan fingerprint density at radius 3 is 2.56 bits per heavy atom. The first kappa shape index (κ1) is 26.1. The van der Waals surface area contributed by atoms with Crippen LogP contribution in [0, 0.1) is 0 Å². The minimum absolute atomic E-state index is 0.0574. The number of oxazole rings is 1. The van der Waals surface area contributed by atoms with Gasteiger partial charge in [-0.3, -0.25) is 4.79 Å². The number of fused-ring (bicyclic) bond motifs is 2. The SMILES string of the molecule is COc1ccc(-c2nc(C(=O)NCc3cccc4ccccc34)c([C@@H](N)CO)o2)c2ccc(C(F)(F)F)nc12. The lowest BCUT2D eigenvalue weighted by atomic mass is 10.0. The van der Waals surface area contributed by atoms with Gasteiger partial charge >= 0.3 is 6.18 Å². The van der Waals surface area contributed by atoms with Gasteiger partial charge in [-0.2, -0.15) is 13.2 Å². The number of methoxy groups -OCH3 is 1. The second-order valence-electron chi connectivity index (χ2n) is 8.75. The molecule has 0 aliphatic rings. The van der Waals surface area contributed by atoms with Crippen molar-refractivity contribution in [1.29, 1.82) is 0 Å². The van der Waals surface area contributed by atoms with Crippen LogP contribution in [0.3, 0.4) is 0 Å². The number of ether oxygens (including phenoxy) is 1. The van der Waals surface area contributed by atoms with E-state index in [0.29, 0.717) is 0 Å². The lowest BCUT2D eigenvalue weighted by Crippen LogP contribution is -2.26. The van der Waals surface area contributed by atoms with E-state index in [0.717, 1.165) is 22.4 Å². The number of nitrogens with one attached hydrogen (secondary N) is 1. The Kier molecular flexibility index (Phi) is 6.94. The summed E-state index contributed by atoms with van der Waals surface area (Å²) < 4.78 is 51.0. The molecular weight excluding hydrogens is 513 g/mol. The molecule has 1 atom stereocenters. The number of aliphatic hydroxyl groups is 1. The van der Waals surface area contributed by atoms with Crippen LogP contribution in [0.5, 0.6) is 5.75 Å². The van der Waals surface area contributed by atoms with E-state index in [1.807, 2.05) is 42.5 Å². The fourth-order valence-electron chi connectivity index (χ4n) is 4.35. The number of alkyl halides is 3. The number of hydrogen-bond donors (Lipinski definition) is 3. The van der Waals surface area contributed by atoms with Gasteiger partial charge in [-0.1, -0.05) is 42.5 Å². The van der Waals surface area contributed by atoms with Gasteiger partial charge in [-0.15, -0.1) is 0 Å². The third-order valence-corrected chi connectivity index (χ3v) is 6.28. The zero-order chi connectivity index (χ0) is 27.7.